The minimum Gasteiger partial charge on any atom is -0.457 e. The average Bonchev–Trinajstić information content (AvgIpc) is 2.37. The molecule has 0 heterocycles. The molecule has 2 rings (SSSR count). The van der Waals surface area contributed by atoms with E-state index in [4.69, 9.17) is 4.74 Å². The largest absolute Gasteiger partial charge is 0.457 e. The summed E-state index contributed by atoms with van der Waals surface area (Å²) in [5.41, 5.74) is 3.00. The average molecular weight is 400 g/mol. The normalized spacial score (nSPS) is 12.3. The molecule has 4 heteroatoms. The van der Waals surface area contributed by atoms with Crippen LogP contribution in [0.15, 0.2) is 39.3 Å². The van der Waals surface area contributed by atoms with Crippen molar-refractivity contribution in [2.24, 2.45) is 0 Å². The van der Waals surface area contributed by atoms with E-state index in [0.717, 1.165) is 31.4 Å². The molecule has 0 amide bonds. The summed E-state index contributed by atoms with van der Waals surface area (Å²) in [5.74, 6) is 1.44. The molecular formula is C16H16Br2O2. The Bertz CT molecular complexity index is 613. The molecule has 0 saturated carbocycles. The van der Waals surface area contributed by atoms with Crippen molar-refractivity contribution < 1.29 is 9.84 Å². The third-order valence-electron chi connectivity index (χ3n) is 3.06. The van der Waals surface area contributed by atoms with Crippen molar-refractivity contribution in [2.45, 2.75) is 26.9 Å². The first-order valence-corrected chi connectivity index (χ1v) is 7.89. The van der Waals surface area contributed by atoms with Crippen molar-refractivity contribution in [1.29, 1.82) is 0 Å². The highest BCUT2D eigenvalue weighted by atomic mass is 79.9. The Morgan fingerprint density at radius 1 is 1.05 bits per heavy atom. The minimum atomic E-state index is -0.583. The molecule has 0 radical (unpaired) electrons. The number of aryl methyl sites for hydroxylation is 2. The lowest BCUT2D eigenvalue weighted by molar-refractivity contribution is 0.195. The first-order valence-electron chi connectivity index (χ1n) is 6.30. The highest BCUT2D eigenvalue weighted by Crippen LogP contribution is 2.34. The number of benzene rings is 2. The highest BCUT2D eigenvalue weighted by molar-refractivity contribution is 9.10. The van der Waals surface area contributed by atoms with Gasteiger partial charge in [0.1, 0.15) is 11.5 Å². The maximum atomic E-state index is 9.85. The maximum absolute atomic E-state index is 9.85. The number of aliphatic hydroxyl groups is 1. The van der Waals surface area contributed by atoms with Gasteiger partial charge in [-0.2, -0.15) is 0 Å². The summed E-state index contributed by atoms with van der Waals surface area (Å²) in [4.78, 5) is 0. The lowest BCUT2D eigenvalue weighted by atomic mass is 10.1. The van der Waals surface area contributed by atoms with Crippen LogP contribution < -0.4 is 4.74 Å². The Balaban J connectivity index is 2.40. The van der Waals surface area contributed by atoms with E-state index in [1.807, 2.05) is 44.2 Å². The van der Waals surface area contributed by atoms with Gasteiger partial charge in [-0.05, 0) is 62.2 Å². The Labute approximate surface area is 136 Å². The van der Waals surface area contributed by atoms with Gasteiger partial charge in [-0.1, -0.05) is 31.9 Å². The number of hydrogen-bond donors (Lipinski definition) is 1. The smallest absolute Gasteiger partial charge is 0.133 e. The molecule has 2 aromatic rings. The molecule has 2 aromatic carbocycles. The van der Waals surface area contributed by atoms with Gasteiger partial charge in [-0.25, -0.2) is 0 Å². The predicted molar refractivity (Wildman–Crippen MR) is 88.5 cm³/mol. The van der Waals surface area contributed by atoms with Crippen LogP contribution in [0.2, 0.25) is 0 Å². The molecule has 0 bridgehead atoms. The van der Waals surface area contributed by atoms with Crippen molar-refractivity contribution in [3.05, 3.63) is 56.0 Å². The number of aliphatic hydroxyl groups excluding tert-OH is 1. The standard InChI is InChI=1S/C16H16Br2O2/c1-9-6-13(7-10(2)16(9)18)20-15-5-4-12(17)8-14(15)11(3)19/h4-8,11,19H,1-3H3. The number of hydrogen-bond acceptors (Lipinski definition) is 2. The summed E-state index contributed by atoms with van der Waals surface area (Å²) < 4.78 is 7.95. The van der Waals surface area contributed by atoms with Gasteiger partial charge in [0.15, 0.2) is 0 Å². The summed E-state index contributed by atoms with van der Waals surface area (Å²) in [6.45, 7) is 5.79. The summed E-state index contributed by atoms with van der Waals surface area (Å²) in [7, 11) is 0. The summed E-state index contributed by atoms with van der Waals surface area (Å²) in [6, 6.07) is 9.59. The zero-order chi connectivity index (χ0) is 14.9. The van der Waals surface area contributed by atoms with Crippen LogP contribution in [-0.4, -0.2) is 5.11 Å². The van der Waals surface area contributed by atoms with Gasteiger partial charge in [0, 0.05) is 14.5 Å². The van der Waals surface area contributed by atoms with Crippen molar-refractivity contribution in [3.8, 4) is 11.5 Å². The van der Waals surface area contributed by atoms with Crippen LogP contribution in [0.5, 0.6) is 11.5 Å². The van der Waals surface area contributed by atoms with Gasteiger partial charge in [0.25, 0.3) is 0 Å². The fraction of sp³-hybridized carbons (Fsp3) is 0.250. The number of rotatable bonds is 3. The van der Waals surface area contributed by atoms with E-state index in [0.29, 0.717) is 5.75 Å². The van der Waals surface area contributed by atoms with Crippen LogP contribution >= 0.6 is 31.9 Å². The molecule has 0 saturated heterocycles. The first kappa shape index (κ1) is 15.5. The Hall–Kier alpha value is -0.840. The van der Waals surface area contributed by atoms with E-state index in [2.05, 4.69) is 31.9 Å². The molecular weight excluding hydrogens is 384 g/mol. The van der Waals surface area contributed by atoms with E-state index in [9.17, 15) is 5.11 Å². The number of ether oxygens (including phenoxy) is 1. The summed E-state index contributed by atoms with van der Waals surface area (Å²) in [5, 5.41) is 9.85. The molecule has 2 nitrogen and oxygen atoms in total. The van der Waals surface area contributed by atoms with Gasteiger partial charge >= 0.3 is 0 Å². The lowest BCUT2D eigenvalue weighted by Crippen LogP contribution is -1.97. The zero-order valence-electron chi connectivity index (χ0n) is 11.6. The van der Waals surface area contributed by atoms with Crippen molar-refractivity contribution in [3.63, 3.8) is 0 Å². The van der Waals surface area contributed by atoms with Crippen molar-refractivity contribution in [2.75, 3.05) is 0 Å². The Morgan fingerprint density at radius 2 is 1.65 bits per heavy atom. The molecule has 106 valence electrons. The zero-order valence-corrected chi connectivity index (χ0v) is 14.7. The predicted octanol–water partition coefficient (Wildman–Crippen LogP) is 5.67. The van der Waals surface area contributed by atoms with Gasteiger partial charge in [-0.15, -0.1) is 0 Å². The molecule has 1 atom stereocenters. The molecule has 0 aliphatic rings. The quantitative estimate of drug-likeness (QED) is 0.719. The molecule has 1 N–H and O–H groups in total. The molecule has 20 heavy (non-hydrogen) atoms. The fourth-order valence-corrected chi connectivity index (χ4v) is 2.64. The monoisotopic (exact) mass is 398 g/mol. The van der Waals surface area contributed by atoms with Crippen LogP contribution in [0.4, 0.5) is 0 Å². The van der Waals surface area contributed by atoms with E-state index in [-0.39, 0.29) is 0 Å². The van der Waals surface area contributed by atoms with Gasteiger partial charge in [-0.3, -0.25) is 0 Å². The topological polar surface area (TPSA) is 29.5 Å². The molecule has 0 aliphatic carbocycles. The van der Waals surface area contributed by atoms with Gasteiger partial charge in [0.05, 0.1) is 6.10 Å². The van der Waals surface area contributed by atoms with E-state index in [1.165, 1.54) is 0 Å². The number of halogens is 2. The van der Waals surface area contributed by atoms with E-state index < -0.39 is 6.10 Å². The van der Waals surface area contributed by atoms with Crippen molar-refractivity contribution in [1.82, 2.24) is 0 Å². The van der Waals surface area contributed by atoms with Crippen LogP contribution in [-0.2, 0) is 0 Å². The Morgan fingerprint density at radius 3 is 2.20 bits per heavy atom. The third kappa shape index (κ3) is 3.43. The van der Waals surface area contributed by atoms with Gasteiger partial charge in [0.2, 0.25) is 0 Å². The maximum Gasteiger partial charge on any atom is 0.133 e. The van der Waals surface area contributed by atoms with Crippen LogP contribution in [0, 0.1) is 13.8 Å². The molecule has 0 fully saturated rings. The molecule has 0 spiro atoms. The van der Waals surface area contributed by atoms with Crippen LogP contribution in [0.3, 0.4) is 0 Å². The van der Waals surface area contributed by atoms with Crippen LogP contribution in [0.25, 0.3) is 0 Å². The second kappa shape index (κ2) is 6.29. The van der Waals surface area contributed by atoms with E-state index >= 15 is 0 Å². The first-order chi connectivity index (χ1) is 9.38. The van der Waals surface area contributed by atoms with Crippen LogP contribution in [0.1, 0.15) is 29.7 Å². The second-order valence-corrected chi connectivity index (χ2v) is 6.54. The fourth-order valence-electron chi connectivity index (χ4n) is 2.03. The minimum absolute atomic E-state index is 0.583. The summed E-state index contributed by atoms with van der Waals surface area (Å²) >= 11 is 6.95. The van der Waals surface area contributed by atoms with Crippen molar-refractivity contribution >= 4 is 31.9 Å². The summed E-state index contributed by atoms with van der Waals surface area (Å²) in [6.07, 6.45) is -0.583. The molecule has 0 aromatic heterocycles. The van der Waals surface area contributed by atoms with Gasteiger partial charge < -0.3 is 9.84 Å². The SMILES string of the molecule is Cc1cc(Oc2ccc(Br)cc2C(C)O)cc(C)c1Br. The molecule has 0 aliphatic heterocycles. The third-order valence-corrected chi connectivity index (χ3v) is 4.80. The lowest BCUT2D eigenvalue weighted by Gasteiger charge is -2.15. The Kier molecular flexibility index (Phi) is 4.89. The van der Waals surface area contributed by atoms with E-state index in [1.54, 1.807) is 6.92 Å². The molecule has 1 unspecified atom stereocenters. The second-order valence-electron chi connectivity index (χ2n) is 4.83. The highest BCUT2D eigenvalue weighted by Gasteiger charge is 2.12.